The number of nitrogens with one attached hydrogen (secondary N) is 2. The van der Waals surface area contributed by atoms with Crippen LogP contribution in [-0.2, 0) is 11.8 Å². The molecule has 0 aliphatic carbocycles. The van der Waals surface area contributed by atoms with Crippen molar-refractivity contribution in [2.45, 2.75) is 6.18 Å². The number of rotatable bonds is 10. The zero-order valence-corrected chi connectivity index (χ0v) is 22.3. The number of benzene rings is 2. The van der Waals surface area contributed by atoms with E-state index < -0.39 is 12.1 Å². The fourth-order valence-corrected chi connectivity index (χ4v) is 3.85. The summed E-state index contributed by atoms with van der Waals surface area (Å²) in [7, 11) is 7.01. The van der Waals surface area contributed by atoms with Crippen LogP contribution in [0.4, 0.5) is 30.5 Å². The molecule has 210 valence electrons. The molecule has 1 amide bonds. The highest BCUT2D eigenvalue weighted by Gasteiger charge is 2.23. The number of allylic oxidation sites excluding steroid dienone is 1. The van der Waals surface area contributed by atoms with E-state index in [-0.39, 0.29) is 30.1 Å². The molecule has 2 aromatic heterocycles. The van der Waals surface area contributed by atoms with Crippen LogP contribution in [-0.4, -0.2) is 71.1 Å². The van der Waals surface area contributed by atoms with Crippen LogP contribution in [0.15, 0.2) is 60.8 Å². The number of ether oxygens (including phenoxy) is 2. The van der Waals surface area contributed by atoms with Crippen molar-refractivity contribution in [3.8, 4) is 22.9 Å². The minimum absolute atomic E-state index is 0.132. The van der Waals surface area contributed by atoms with Crippen LogP contribution in [0.1, 0.15) is 0 Å². The molecular weight excluding hydrogens is 527 g/mol. The second-order valence-corrected chi connectivity index (χ2v) is 8.94. The van der Waals surface area contributed by atoms with Gasteiger partial charge in [-0.2, -0.15) is 18.3 Å². The third-order valence-corrected chi connectivity index (χ3v) is 5.66. The molecule has 0 bridgehead atoms. The predicted molar refractivity (Wildman–Crippen MR) is 146 cm³/mol. The van der Waals surface area contributed by atoms with Crippen LogP contribution in [0.25, 0.3) is 22.3 Å². The fraction of sp³-hybridized carbons (Fsp3) is 0.259. The maximum Gasteiger partial charge on any atom is 0.409 e. The highest BCUT2D eigenvalue weighted by molar-refractivity contribution is 6.01. The van der Waals surface area contributed by atoms with E-state index in [9.17, 15) is 18.0 Å². The van der Waals surface area contributed by atoms with Crippen molar-refractivity contribution in [3.63, 3.8) is 0 Å². The van der Waals surface area contributed by atoms with Gasteiger partial charge in [0.05, 0.1) is 35.4 Å². The van der Waals surface area contributed by atoms with Gasteiger partial charge in [0.1, 0.15) is 18.1 Å². The predicted octanol–water partition coefficient (Wildman–Crippen LogP) is 4.78. The van der Waals surface area contributed by atoms with E-state index in [0.29, 0.717) is 29.8 Å². The quantitative estimate of drug-likeness (QED) is 0.270. The number of amides is 1. The molecule has 0 spiro atoms. The van der Waals surface area contributed by atoms with E-state index in [1.807, 2.05) is 50.3 Å². The number of carbonyl (C=O) groups excluding carboxylic acids is 1. The van der Waals surface area contributed by atoms with E-state index in [1.165, 1.54) is 19.2 Å². The number of aryl methyl sites for hydroxylation is 1. The first-order chi connectivity index (χ1) is 19.0. The Morgan fingerprint density at radius 2 is 1.90 bits per heavy atom. The molecule has 0 saturated carbocycles. The normalized spacial score (nSPS) is 11.8. The third-order valence-electron chi connectivity index (χ3n) is 5.66. The van der Waals surface area contributed by atoms with Crippen LogP contribution in [0, 0.1) is 0 Å². The molecule has 0 fully saturated rings. The number of hydrogen-bond donors (Lipinski definition) is 2. The molecule has 0 aliphatic heterocycles. The number of anilines is 3. The van der Waals surface area contributed by atoms with Crippen molar-refractivity contribution in [2.75, 3.05) is 45.0 Å². The summed E-state index contributed by atoms with van der Waals surface area (Å²) in [6, 6.07) is 12.4. The summed E-state index contributed by atoms with van der Waals surface area (Å²) in [5, 5.41) is 11.0. The van der Waals surface area contributed by atoms with Gasteiger partial charge >= 0.3 is 6.18 Å². The van der Waals surface area contributed by atoms with E-state index in [2.05, 4.69) is 25.7 Å². The maximum absolute atomic E-state index is 12.6. The van der Waals surface area contributed by atoms with Crippen molar-refractivity contribution in [3.05, 3.63) is 60.8 Å². The van der Waals surface area contributed by atoms with Crippen LogP contribution >= 0.6 is 0 Å². The maximum atomic E-state index is 12.6. The second kappa shape index (κ2) is 12.0. The molecule has 0 saturated heterocycles. The lowest BCUT2D eigenvalue weighted by Crippen LogP contribution is -2.20. The minimum atomic E-state index is -4.63. The Bertz CT molecular complexity index is 1530. The Labute approximate surface area is 228 Å². The van der Waals surface area contributed by atoms with Gasteiger partial charge in [-0.15, -0.1) is 0 Å². The number of alkyl halides is 3. The van der Waals surface area contributed by atoms with Crippen molar-refractivity contribution in [1.29, 1.82) is 0 Å². The molecule has 2 aromatic carbocycles. The SMILES string of the molecule is COc1cc(OCCN(C)C)c(NC(=O)/C=C/C(F)(F)F)cc1Nc1nccc(-c2c3ccccc3nn2C)n1. The summed E-state index contributed by atoms with van der Waals surface area (Å²) in [6.45, 7) is 0.820. The molecular formula is C27H28F3N7O3. The van der Waals surface area contributed by atoms with Gasteiger partial charge in [-0.05, 0) is 32.3 Å². The lowest BCUT2D eigenvalue weighted by molar-refractivity contribution is -0.112. The van der Waals surface area contributed by atoms with Gasteiger partial charge in [0.25, 0.3) is 0 Å². The Balaban J connectivity index is 1.68. The van der Waals surface area contributed by atoms with Crippen LogP contribution in [0.5, 0.6) is 11.5 Å². The van der Waals surface area contributed by atoms with Gasteiger partial charge in [-0.25, -0.2) is 9.97 Å². The number of methoxy groups -OCH3 is 1. The van der Waals surface area contributed by atoms with Crippen molar-refractivity contribution in [1.82, 2.24) is 24.6 Å². The molecule has 10 nitrogen and oxygen atoms in total. The third kappa shape index (κ3) is 7.05. The summed E-state index contributed by atoms with van der Waals surface area (Å²) >= 11 is 0. The standard InChI is InChI=1S/C27H28F3N7O3/c1-36(2)13-14-40-23-16-22(39-4)20(15-21(23)32-24(38)9-11-27(28,29)30)34-26-31-12-10-19(33-26)25-17-7-5-6-8-18(17)35-37(25)3/h5-12,15-16H,13-14H2,1-4H3,(H,32,38)(H,31,33,34)/b11-9+. The molecule has 0 radical (unpaired) electrons. The number of aromatic nitrogens is 4. The monoisotopic (exact) mass is 555 g/mol. The van der Waals surface area contributed by atoms with E-state index in [0.717, 1.165) is 16.6 Å². The lowest BCUT2D eigenvalue weighted by Gasteiger charge is -2.18. The molecule has 2 heterocycles. The zero-order chi connectivity index (χ0) is 28.9. The smallest absolute Gasteiger partial charge is 0.409 e. The highest BCUT2D eigenvalue weighted by atomic mass is 19.4. The van der Waals surface area contributed by atoms with Gasteiger partial charge < -0.3 is 25.0 Å². The Morgan fingerprint density at radius 3 is 2.62 bits per heavy atom. The molecule has 0 unspecified atom stereocenters. The van der Waals surface area contributed by atoms with E-state index >= 15 is 0 Å². The molecule has 13 heteroatoms. The summed E-state index contributed by atoms with van der Waals surface area (Å²) < 4.78 is 50.8. The van der Waals surface area contributed by atoms with Gasteiger partial charge in [-0.1, -0.05) is 18.2 Å². The number of fused-ring (bicyclic) bond motifs is 1. The summed E-state index contributed by atoms with van der Waals surface area (Å²) in [5.41, 5.74) is 2.71. The van der Waals surface area contributed by atoms with Crippen molar-refractivity contribution < 1.29 is 27.4 Å². The average molecular weight is 556 g/mol. The van der Waals surface area contributed by atoms with Crippen LogP contribution in [0.3, 0.4) is 0 Å². The summed E-state index contributed by atoms with van der Waals surface area (Å²) in [5.74, 6) is -0.207. The first-order valence-electron chi connectivity index (χ1n) is 12.1. The molecule has 2 N–H and O–H groups in total. The second-order valence-electron chi connectivity index (χ2n) is 8.94. The molecule has 0 atom stereocenters. The van der Waals surface area contributed by atoms with Crippen LogP contribution in [0.2, 0.25) is 0 Å². The Kier molecular flexibility index (Phi) is 8.53. The number of carbonyl (C=O) groups is 1. The lowest BCUT2D eigenvalue weighted by atomic mass is 10.1. The summed E-state index contributed by atoms with van der Waals surface area (Å²) in [4.78, 5) is 23.1. The van der Waals surface area contributed by atoms with Gasteiger partial charge in [0.2, 0.25) is 11.9 Å². The van der Waals surface area contributed by atoms with Gasteiger partial charge in [-0.3, -0.25) is 9.48 Å². The minimum Gasteiger partial charge on any atom is -0.494 e. The number of hydrogen-bond acceptors (Lipinski definition) is 8. The van der Waals surface area contributed by atoms with E-state index in [1.54, 1.807) is 16.9 Å². The first-order valence-corrected chi connectivity index (χ1v) is 12.1. The van der Waals surface area contributed by atoms with Crippen LogP contribution < -0.4 is 20.1 Å². The summed E-state index contributed by atoms with van der Waals surface area (Å²) in [6.07, 6.45) is -2.77. The number of nitrogens with zero attached hydrogens (tertiary/aromatic N) is 5. The molecule has 40 heavy (non-hydrogen) atoms. The van der Waals surface area contributed by atoms with E-state index in [4.69, 9.17) is 9.47 Å². The zero-order valence-electron chi connectivity index (χ0n) is 22.3. The first kappa shape index (κ1) is 28.4. The fourth-order valence-electron chi connectivity index (χ4n) is 3.85. The topological polar surface area (TPSA) is 106 Å². The van der Waals surface area contributed by atoms with Gasteiger partial charge in [0, 0.05) is 43.4 Å². The molecule has 4 aromatic rings. The highest BCUT2D eigenvalue weighted by Crippen LogP contribution is 2.38. The van der Waals surface area contributed by atoms with Gasteiger partial charge in [0.15, 0.2) is 0 Å². The number of likely N-dealkylation sites (N-methyl/N-ethyl adjacent to an activating group) is 1. The average Bonchev–Trinajstić information content (AvgIpc) is 3.24. The number of halogens is 3. The molecule has 4 rings (SSSR count). The van der Waals surface area contributed by atoms with Crippen molar-refractivity contribution in [2.24, 2.45) is 7.05 Å². The largest absolute Gasteiger partial charge is 0.494 e. The molecule has 0 aliphatic rings. The van der Waals surface area contributed by atoms with Crippen molar-refractivity contribution >= 4 is 34.1 Å². The Hall–Kier alpha value is -4.65. The Morgan fingerprint density at radius 1 is 1.12 bits per heavy atom.